The van der Waals surface area contributed by atoms with Crippen molar-refractivity contribution < 1.29 is 18.7 Å². The van der Waals surface area contributed by atoms with Crippen LogP contribution in [0.4, 0.5) is 4.39 Å². The maximum Gasteiger partial charge on any atom is 0.220 e. The lowest BCUT2D eigenvalue weighted by molar-refractivity contribution is -0.122. The lowest BCUT2D eigenvalue weighted by Gasteiger charge is -2.14. The predicted octanol–water partition coefficient (Wildman–Crippen LogP) is 4.61. The molecule has 0 unspecified atom stereocenters. The second-order valence-electron chi connectivity index (χ2n) is 7.13. The number of ether oxygens (including phenoxy) is 1. The average Bonchev–Trinajstić information content (AvgIpc) is 3.26. The maximum atomic E-state index is 14.1. The van der Waals surface area contributed by atoms with Gasteiger partial charge in [0.1, 0.15) is 17.7 Å². The van der Waals surface area contributed by atoms with Gasteiger partial charge in [0.15, 0.2) is 5.78 Å². The van der Waals surface area contributed by atoms with Crippen molar-refractivity contribution in [3.63, 3.8) is 0 Å². The zero-order valence-corrected chi connectivity index (χ0v) is 16.6. The number of nitrogens with one attached hydrogen (secondary N) is 1. The normalized spacial score (nSPS) is 16.5. The van der Waals surface area contributed by atoms with Gasteiger partial charge in [-0.15, -0.1) is 11.3 Å². The van der Waals surface area contributed by atoms with E-state index in [1.165, 1.54) is 30.4 Å². The molecule has 2 aromatic rings. The first-order valence-corrected chi connectivity index (χ1v) is 10.1. The summed E-state index contributed by atoms with van der Waals surface area (Å²) in [5.41, 5.74) is 1.46. The average molecular weight is 389 g/mol. The van der Waals surface area contributed by atoms with Crippen molar-refractivity contribution in [2.45, 2.75) is 46.1 Å². The Morgan fingerprint density at radius 2 is 2.15 bits per heavy atom. The summed E-state index contributed by atoms with van der Waals surface area (Å²) in [6.07, 6.45) is 1.80. The van der Waals surface area contributed by atoms with Crippen LogP contribution in [0.1, 0.15) is 48.8 Å². The second-order valence-corrected chi connectivity index (χ2v) is 8.21. The van der Waals surface area contributed by atoms with Crippen molar-refractivity contribution in [2.24, 2.45) is 5.92 Å². The molecule has 0 bridgehead atoms. The number of benzene rings is 1. The predicted molar refractivity (Wildman–Crippen MR) is 105 cm³/mol. The Morgan fingerprint density at radius 1 is 1.37 bits per heavy atom. The Kier molecular flexibility index (Phi) is 5.95. The molecule has 0 fully saturated rings. The molecule has 0 saturated carbocycles. The van der Waals surface area contributed by atoms with Gasteiger partial charge in [0.25, 0.3) is 0 Å². The standard InChI is InChI=1S/C21H24FNO3S/c1-4-12(2)7-20(25)23-11-16-9-14-8-15(22)10-17(21(14)26-16)19-6-5-18(27-19)13(3)24/h5-6,8,10,12,16H,4,7,9,11H2,1-3H3,(H,23,25)/t12-,16+/m1/s1. The topological polar surface area (TPSA) is 55.4 Å². The molecule has 6 heteroatoms. The van der Waals surface area contributed by atoms with Gasteiger partial charge in [-0.1, -0.05) is 20.3 Å². The Morgan fingerprint density at radius 3 is 2.81 bits per heavy atom. The van der Waals surface area contributed by atoms with E-state index in [1.54, 1.807) is 6.07 Å². The number of fused-ring (bicyclic) bond motifs is 1. The monoisotopic (exact) mass is 389 g/mol. The highest BCUT2D eigenvalue weighted by molar-refractivity contribution is 7.17. The van der Waals surface area contributed by atoms with Crippen LogP contribution in [0.2, 0.25) is 0 Å². The minimum absolute atomic E-state index is 0.0119. The van der Waals surface area contributed by atoms with E-state index in [0.29, 0.717) is 41.5 Å². The zero-order chi connectivity index (χ0) is 19.6. The highest BCUT2D eigenvalue weighted by Gasteiger charge is 2.28. The van der Waals surface area contributed by atoms with E-state index in [-0.39, 0.29) is 23.6 Å². The third-order valence-electron chi connectivity index (χ3n) is 4.84. The number of carbonyl (C=O) groups is 2. The largest absolute Gasteiger partial charge is 0.487 e. The van der Waals surface area contributed by atoms with Crippen LogP contribution < -0.4 is 10.1 Å². The molecule has 0 radical (unpaired) electrons. The lowest BCUT2D eigenvalue weighted by atomic mass is 10.0. The first-order valence-electron chi connectivity index (χ1n) is 9.24. The summed E-state index contributed by atoms with van der Waals surface area (Å²) >= 11 is 1.33. The molecule has 1 aromatic heterocycles. The molecule has 4 nitrogen and oxygen atoms in total. The van der Waals surface area contributed by atoms with Crippen LogP contribution in [0.5, 0.6) is 5.75 Å². The summed E-state index contributed by atoms with van der Waals surface area (Å²) in [5.74, 6) is 0.671. The number of amides is 1. The Bertz CT molecular complexity index is 861. The van der Waals surface area contributed by atoms with Crippen molar-refractivity contribution in [2.75, 3.05) is 6.54 Å². The molecule has 0 saturated heterocycles. The summed E-state index contributed by atoms with van der Waals surface area (Å²) in [7, 11) is 0. The van der Waals surface area contributed by atoms with E-state index in [2.05, 4.69) is 12.2 Å². The second kappa shape index (κ2) is 8.21. The van der Waals surface area contributed by atoms with Crippen LogP contribution in [-0.2, 0) is 11.2 Å². The van der Waals surface area contributed by atoms with Gasteiger partial charge >= 0.3 is 0 Å². The van der Waals surface area contributed by atoms with Gasteiger partial charge in [-0.05, 0) is 37.1 Å². The van der Waals surface area contributed by atoms with Crippen LogP contribution in [0.15, 0.2) is 24.3 Å². The zero-order valence-electron chi connectivity index (χ0n) is 15.8. The fourth-order valence-corrected chi connectivity index (χ4v) is 4.04. The third-order valence-corrected chi connectivity index (χ3v) is 6.06. The van der Waals surface area contributed by atoms with Gasteiger partial charge in [-0.3, -0.25) is 9.59 Å². The van der Waals surface area contributed by atoms with Crippen LogP contribution in [0, 0.1) is 11.7 Å². The summed E-state index contributed by atoms with van der Waals surface area (Å²) in [5, 5.41) is 2.92. The summed E-state index contributed by atoms with van der Waals surface area (Å²) in [6.45, 7) is 6.02. The molecule has 0 spiro atoms. The summed E-state index contributed by atoms with van der Waals surface area (Å²) in [4.78, 5) is 25.0. The van der Waals surface area contributed by atoms with Gasteiger partial charge in [-0.2, -0.15) is 0 Å². The van der Waals surface area contributed by atoms with Gasteiger partial charge in [-0.25, -0.2) is 4.39 Å². The first kappa shape index (κ1) is 19.5. The summed E-state index contributed by atoms with van der Waals surface area (Å²) in [6, 6.07) is 6.50. The van der Waals surface area contributed by atoms with E-state index in [9.17, 15) is 14.0 Å². The highest BCUT2D eigenvalue weighted by atomic mass is 32.1. The number of hydrogen-bond donors (Lipinski definition) is 1. The molecule has 3 rings (SSSR count). The molecule has 1 amide bonds. The van der Waals surface area contributed by atoms with Gasteiger partial charge in [0, 0.05) is 28.8 Å². The van der Waals surface area contributed by atoms with Crippen LogP contribution >= 0.6 is 11.3 Å². The van der Waals surface area contributed by atoms with Crippen molar-refractivity contribution in [1.29, 1.82) is 0 Å². The van der Waals surface area contributed by atoms with Crippen LogP contribution in [0.3, 0.4) is 0 Å². The fraction of sp³-hybridized carbons (Fsp3) is 0.429. The summed E-state index contributed by atoms with van der Waals surface area (Å²) < 4.78 is 20.1. The molecule has 2 atom stereocenters. The number of hydrogen-bond acceptors (Lipinski definition) is 4. The molecule has 1 N–H and O–H groups in total. The Labute approximate surface area is 162 Å². The minimum Gasteiger partial charge on any atom is -0.487 e. The molecule has 144 valence electrons. The van der Waals surface area contributed by atoms with Crippen molar-refractivity contribution in [1.82, 2.24) is 5.32 Å². The number of rotatable bonds is 7. The fourth-order valence-electron chi connectivity index (χ4n) is 3.12. The lowest BCUT2D eigenvalue weighted by Crippen LogP contribution is -2.35. The van der Waals surface area contributed by atoms with Crippen LogP contribution in [-0.4, -0.2) is 24.3 Å². The molecule has 1 aliphatic heterocycles. The molecule has 1 aliphatic rings. The maximum absolute atomic E-state index is 14.1. The smallest absolute Gasteiger partial charge is 0.220 e. The molecule has 2 heterocycles. The van der Waals surface area contributed by atoms with Gasteiger partial charge in [0.05, 0.1) is 11.4 Å². The van der Waals surface area contributed by atoms with E-state index in [0.717, 1.165) is 16.9 Å². The molecular weight excluding hydrogens is 365 g/mol. The number of ketones is 1. The highest BCUT2D eigenvalue weighted by Crippen LogP contribution is 2.42. The van der Waals surface area contributed by atoms with Crippen molar-refractivity contribution in [3.8, 4) is 16.2 Å². The third kappa shape index (κ3) is 4.56. The van der Waals surface area contributed by atoms with E-state index < -0.39 is 0 Å². The van der Waals surface area contributed by atoms with Crippen molar-refractivity contribution in [3.05, 3.63) is 40.5 Å². The van der Waals surface area contributed by atoms with Gasteiger partial charge < -0.3 is 10.1 Å². The number of Topliss-reactive ketones (excluding diaryl/α,β-unsaturated/α-hetero) is 1. The Balaban J connectivity index is 1.73. The minimum atomic E-state index is -0.327. The van der Waals surface area contributed by atoms with Gasteiger partial charge in [0.2, 0.25) is 5.91 Å². The Hall–Kier alpha value is -2.21. The van der Waals surface area contributed by atoms with E-state index in [1.807, 2.05) is 13.0 Å². The number of thiophene rings is 1. The van der Waals surface area contributed by atoms with E-state index in [4.69, 9.17) is 4.74 Å². The first-order chi connectivity index (χ1) is 12.9. The molecular formula is C21H24FNO3S. The number of carbonyl (C=O) groups excluding carboxylic acids is 2. The number of halogens is 1. The van der Waals surface area contributed by atoms with Crippen molar-refractivity contribution >= 4 is 23.0 Å². The molecule has 0 aliphatic carbocycles. The van der Waals surface area contributed by atoms with Crippen LogP contribution in [0.25, 0.3) is 10.4 Å². The quantitative estimate of drug-likeness (QED) is 0.704. The SMILES string of the molecule is CC[C@@H](C)CC(=O)NC[C@@H]1Cc2cc(F)cc(-c3ccc(C(C)=O)s3)c2O1. The van der Waals surface area contributed by atoms with E-state index >= 15 is 0 Å². The molecule has 27 heavy (non-hydrogen) atoms. The molecule has 1 aromatic carbocycles.